The lowest BCUT2D eigenvalue weighted by atomic mass is 10.1. The average Bonchev–Trinajstić information content (AvgIpc) is 3.12. The summed E-state index contributed by atoms with van der Waals surface area (Å²) in [6.07, 6.45) is 4.41. The van der Waals surface area contributed by atoms with Gasteiger partial charge in [-0.25, -0.2) is 4.99 Å². The van der Waals surface area contributed by atoms with Crippen LogP contribution in [0.2, 0.25) is 0 Å². The van der Waals surface area contributed by atoms with E-state index in [1.165, 1.54) is 18.4 Å². The van der Waals surface area contributed by atoms with E-state index in [-0.39, 0.29) is 0 Å². The predicted octanol–water partition coefficient (Wildman–Crippen LogP) is 2.97. The minimum Gasteiger partial charge on any atom is -0.493 e. The van der Waals surface area contributed by atoms with Crippen LogP contribution in [0, 0.1) is 6.92 Å². The van der Waals surface area contributed by atoms with Crippen LogP contribution in [-0.2, 0) is 26.1 Å². The van der Waals surface area contributed by atoms with E-state index in [1.54, 1.807) is 0 Å². The maximum absolute atomic E-state index is 5.91. The van der Waals surface area contributed by atoms with Gasteiger partial charge in [0.2, 0.25) is 0 Å². The Morgan fingerprint density at radius 3 is 2.93 bits per heavy atom. The largest absolute Gasteiger partial charge is 0.493 e. The van der Waals surface area contributed by atoms with Gasteiger partial charge in [-0.3, -0.25) is 0 Å². The lowest BCUT2D eigenvalue weighted by molar-refractivity contribution is 0.314. The number of hydrogen-bond acceptors (Lipinski definition) is 4. The highest BCUT2D eigenvalue weighted by Crippen LogP contribution is 2.21. The number of ether oxygens (including phenoxy) is 1. The Balaban J connectivity index is 1.67. The van der Waals surface area contributed by atoms with E-state index in [9.17, 15) is 0 Å². The number of fused-ring (bicyclic) bond motifs is 1. The number of nitrogens with one attached hydrogen (secondary N) is 2. The van der Waals surface area contributed by atoms with E-state index in [0.29, 0.717) is 13.1 Å². The lowest BCUT2D eigenvalue weighted by Crippen LogP contribution is -2.37. The smallest absolute Gasteiger partial charge is 0.191 e. The van der Waals surface area contributed by atoms with Gasteiger partial charge in [-0.15, -0.1) is 10.2 Å². The van der Waals surface area contributed by atoms with Gasteiger partial charge in [-0.2, -0.15) is 0 Å². The van der Waals surface area contributed by atoms with Crippen LogP contribution in [-0.4, -0.2) is 33.9 Å². The molecule has 0 fully saturated rings. The second kappa shape index (κ2) is 10.1. The fraction of sp³-hybridized carbons (Fsp3) is 0.571. The lowest BCUT2D eigenvalue weighted by Gasteiger charge is -2.16. The summed E-state index contributed by atoms with van der Waals surface area (Å²) in [6, 6.07) is 6.29. The predicted molar refractivity (Wildman–Crippen MR) is 112 cm³/mol. The Morgan fingerprint density at radius 2 is 2.11 bits per heavy atom. The summed E-state index contributed by atoms with van der Waals surface area (Å²) in [6.45, 7) is 9.97. The third-order valence-corrected chi connectivity index (χ3v) is 4.79. The molecular formula is C21H32N6O. The van der Waals surface area contributed by atoms with E-state index in [1.807, 2.05) is 0 Å². The van der Waals surface area contributed by atoms with Crippen molar-refractivity contribution in [1.29, 1.82) is 0 Å². The van der Waals surface area contributed by atoms with Crippen LogP contribution in [0.15, 0.2) is 23.2 Å². The summed E-state index contributed by atoms with van der Waals surface area (Å²) in [5.41, 5.74) is 2.29. The van der Waals surface area contributed by atoms with Crippen LogP contribution in [0.4, 0.5) is 0 Å². The molecule has 1 aromatic heterocycles. The number of nitrogens with zero attached hydrogens (tertiary/aromatic N) is 4. The average molecular weight is 385 g/mol. The van der Waals surface area contributed by atoms with Crippen LogP contribution in [0.3, 0.4) is 0 Å². The number of aliphatic imine (C=N–C) groups is 1. The molecule has 0 bridgehead atoms. The zero-order valence-electron chi connectivity index (χ0n) is 17.3. The van der Waals surface area contributed by atoms with Crippen LogP contribution in [0.1, 0.15) is 55.9 Å². The zero-order chi connectivity index (χ0) is 19.8. The topological polar surface area (TPSA) is 76.4 Å². The molecule has 0 saturated heterocycles. The Bertz CT molecular complexity index is 798. The highest BCUT2D eigenvalue weighted by molar-refractivity contribution is 5.79. The molecular weight excluding hydrogens is 352 g/mol. The van der Waals surface area contributed by atoms with E-state index in [4.69, 9.17) is 9.73 Å². The standard InChI is InChI=1S/C21H32N6O/c1-4-12-28-18-13-16(3)9-10-17(18)14-23-21(22-5-2)24-15-20-26-25-19-8-6-7-11-27(19)20/h9-10,13H,4-8,11-12,14-15H2,1-3H3,(H2,22,23,24). The minimum atomic E-state index is 0.562. The molecule has 0 spiro atoms. The molecule has 3 rings (SSSR count). The molecule has 2 N–H and O–H groups in total. The number of aryl methyl sites for hydroxylation is 2. The summed E-state index contributed by atoms with van der Waals surface area (Å²) in [7, 11) is 0. The molecule has 28 heavy (non-hydrogen) atoms. The van der Waals surface area contributed by atoms with Gasteiger partial charge in [-0.1, -0.05) is 19.1 Å². The molecule has 0 amide bonds. The summed E-state index contributed by atoms with van der Waals surface area (Å²) < 4.78 is 8.14. The van der Waals surface area contributed by atoms with Crippen molar-refractivity contribution in [2.45, 2.75) is 66.1 Å². The van der Waals surface area contributed by atoms with Gasteiger partial charge in [0.1, 0.15) is 11.6 Å². The molecule has 1 aliphatic heterocycles. The van der Waals surface area contributed by atoms with Gasteiger partial charge in [0, 0.05) is 25.1 Å². The number of rotatable bonds is 8. The van der Waals surface area contributed by atoms with Crippen molar-refractivity contribution in [3.63, 3.8) is 0 Å². The molecule has 1 aromatic carbocycles. The maximum atomic E-state index is 5.91. The quantitative estimate of drug-likeness (QED) is 0.541. The monoisotopic (exact) mass is 384 g/mol. The molecule has 152 valence electrons. The van der Waals surface area contributed by atoms with Gasteiger partial charge < -0.3 is 19.9 Å². The minimum absolute atomic E-state index is 0.562. The van der Waals surface area contributed by atoms with E-state index in [2.05, 4.69) is 64.4 Å². The van der Waals surface area contributed by atoms with Crippen molar-refractivity contribution < 1.29 is 4.74 Å². The molecule has 0 aliphatic carbocycles. The molecule has 1 aliphatic rings. The molecule has 0 atom stereocenters. The molecule has 0 saturated carbocycles. The van der Waals surface area contributed by atoms with Gasteiger partial charge >= 0.3 is 0 Å². The van der Waals surface area contributed by atoms with E-state index in [0.717, 1.165) is 61.5 Å². The second-order valence-electron chi connectivity index (χ2n) is 7.15. The Labute approximate surface area is 167 Å². The summed E-state index contributed by atoms with van der Waals surface area (Å²) >= 11 is 0. The highest BCUT2D eigenvalue weighted by atomic mass is 16.5. The van der Waals surface area contributed by atoms with Crippen molar-refractivity contribution in [3.8, 4) is 5.75 Å². The summed E-state index contributed by atoms with van der Waals surface area (Å²) in [4.78, 5) is 4.75. The Hall–Kier alpha value is -2.57. The number of hydrogen-bond donors (Lipinski definition) is 2. The third-order valence-electron chi connectivity index (χ3n) is 4.79. The highest BCUT2D eigenvalue weighted by Gasteiger charge is 2.15. The summed E-state index contributed by atoms with van der Waals surface area (Å²) in [5.74, 6) is 3.77. The third kappa shape index (κ3) is 5.24. The molecule has 0 radical (unpaired) electrons. The Kier molecular flexibility index (Phi) is 7.28. The summed E-state index contributed by atoms with van der Waals surface area (Å²) in [5, 5.41) is 15.4. The van der Waals surface area contributed by atoms with Crippen LogP contribution >= 0.6 is 0 Å². The molecule has 0 unspecified atom stereocenters. The first kappa shape index (κ1) is 20.2. The number of aromatic nitrogens is 3. The first-order valence-electron chi connectivity index (χ1n) is 10.4. The Morgan fingerprint density at radius 1 is 1.21 bits per heavy atom. The fourth-order valence-corrected chi connectivity index (χ4v) is 3.31. The van der Waals surface area contributed by atoms with Gasteiger partial charge in [0.25, 0.3) is 0 Å². The van der Waals surface area contributed by atoms with Crippen molar-refractivity contribution >= 4 is 5.96 Å². The molecule has 7 heteroatoms. The second-order valence-corrected chi connectivity index (χ2v) is 7.15. The molecule has 2 heterocycles. The van der Waals surface area contributed by atoms with Crippen molar-refractivity contribution in [1.82, 2.24) is 25.4 Å². The van der Waals surface area contributed by atoms with Crippen molar-refractivity contribution in [2.24, 2.45) is 4.99 Å². The van der Waals surface area contributed by atoms with Gasteiger partial charge in [0.15, 0.2) is 11.8 Å². The zero-order valence-corrected chi connectivity index (χ0v) is 17.3. The van der Waals surface area contributed by atoms with Crippen LogP contribution in [0.25, 0.3) is 0 Å². The first-order valence-corrected chi connectivity index (χ1v) is 10.4. The van der Waals surface area contributed by atoms with Crippen LogP contribution < -0.4 is 15.4 Å². The fourth-order valence-electron chi connectivity index (χ4n) is 3.31. The number of benzene rings is 1. The van der Waals surface area contributed by atoms with Gasteiger partial charge in [0.05, 0.1) is 19.7 Å². The van der Waals surface area contributed by atoms with E-state index < -0.39 is 0 Å². The van der Waals surface area contributed by atoms with Crippen molar-refractivity contribution in [3.05, 3.63) is 41.0 Å². The number of guanidine groups is 1. The van der Waals surface area contributed by atoms with E-state index >= 15 is 0 Å². The van der Waals surface area contributed by atoms with Crippen LogP contribution in [0.5, 0.6) is 5.75 Å². The first-order chi connectivity index (χ1) is 13.7. The van der Waals surface area contributed by atoms with Gasteiger partial charge in [-0.05, 0) is 44.7 Å². The molecule has 7 nitrogen and oxygen atoms in total. The van der Waals surface area contributed by atoms with Crippen molar-refractivity contribution in [2.75, 3.05) is 13.2 Å². The normalized spacial score (nSPS) is 13.9. The maximum Gasteiger partial charge on any atom is 0.191 e. The molecule has 2 aromatic rings. The SMILES string of the molecule is CCCOc1cc(C)ccc1CN=C(NCC)NCc1nnc2n1CCCC2.